The molecule has 0 spiro atoms. The van der Waals surface area contributed by atoms with E-state index in [1.807, 2.05) is 0 Å². The number of benzene rings is 1. The summed E-state index contributed by atoms with van der Waals surface area (Å²) in [6, 6.07) is 8.92. The minimum atomic E-state index is -5.04. The minimum Gasteiger partial charge on any atom is -0.420 e. The molecule has 2 rings (SSSR count). The Bertz CT molecular complexity index is 800. The monoisotopic (exact) mass is 350 g/mol. The van der Waals surface area contributed by atoms with Gasteiger partial charge in [-0.25, -0.2) is 9.78 Å². The summed E-state index contributed by atoms with van der Waals surface area (Å²) in [6.07, 6.45) is -0.0534. The highest BCUT2D eigenvalue weighted by molar-refractivity contribution is 5.88. The highest BCUT2D eigenvalue weighted by Crippen LogP contribution is 2.21. The number of rotatable bonds is 4. The zero-order chi connectivity index (χ0) is 18.4. The van der Waals surface area contributed by atoms with E-state index < -0.39 is 12.1 Å². The third kappa shape index (κ3) is 5.76. The van der Waals surface area contributed by atoms with Gasteiger partial charge in [0.05, 0.1) is 0 Å². The van der Waals surface area contributed by atoms with E-state index >= 15 is 0 Å². The predicted molar refractivity (Wildman–Crippen MR) is 85.6 cm³/mol. The maximum atomic E-state index is 12.1. The number of hydrogen-bond acceptors (Lipinski definition) is 4. The zero-order valence-corrected chi connectivity index (χ0v) is 13.0. The Morgan fingerprint density at radius 2 is 1.72 bits per heavy atom. The van der Waals surface area contributed by atoms with Crippen molar-refractivity contribution in [3.8, 4) is 5.75 Å². The van der Waals surface area contributed by atoms with Gasteiger partial charge in [-0.3, -0.25) is 4.79 Å². The molecule has 1 aromatic heterocycles. The highest BCUT2D eigenvalue weighted by atomic mass is 19.4. The molecule has 0 aliphatic heterocycles. The summed E-state index contributed by atoms with van der Waals surface area (Å²) in [7, 11) is 0. The molecule has 0 aliphatic rings. The number of hydrogen-bond donors (Lipinski definition) is 1. The van der Waals surface area contributed by atoms with Gasteiger partial charge in [-0.2, -0.15) is 13.2 Å². The normalized spacial score (nSPS) is 11.4. The molecular weight excluding hydrogens is 337 g/mol. The second kappa shape index (κ2) is 7.61. The van der Waals surface area contributed by atoms with E-state index in [1.54, 1.807) is 24.3 Å². The Kier molecular flexibility index (Phi) is 5.53. The van der Waals surface area contributed by atoms with E-state index in [0.717, 1.165) is 5.56 Å². The maximum Gasteiger partial charge on any atom is 0.491 e. The first kappa shape index (κ1) is 18.2. The molecule has 5 nitrogen and oxygen atoms in total. The fourth-order valence-electron chi connectivity index (χ4n) is 1.80. The van der Waals surface area contributed by atoms with Crippen LogP contribution in [0.4, 0.5) is 19.0 Å². The van der Waals surface area contributed by atoms with Gasteiger partial charge in [0.25, 0.3) is 0 Å². The molecule has 2 aromatic rings. The number of halogens is 3. The highest BCUT2D eigenvalue weighted by Gasteiger charge is 2.41. The molecule has 1 heterocycles. The Labute approximate surface area is 141 Å². The smallest absolute Gasteiger partial charge is 0.420 e. The van der Waals surface area contributed by atoms with Crippen molar-refractivity contribution in [3.63, 3.8) is 0 Å². The molecule has 0 aliphatic carbocycles. The summed E-state index contributed by atoms with van der Waals surface area (Å²) in [5.41, 5.74) is 1.45. The lowest BCUT2D eigenvalue weighted by Gasteiger charge is -2.06. The lowest BCUT2D eigenvalue weighted by atomic mass is 10.1. The molecule has 0 bridgehead atoms. The number of nitrogens with one attached hydrogen (secondary N) is 1. The van der Waals surface area contributed by atoms with E-state index in [-0.39, 0.29) is 11.7 Å². The standard InChI is InChI=1S/C17H13F3N2O3/c1-11(23)22-15-10-13(8-9-21-15)3-2-12-4-6-14(7-5-12)25-16(24)17(18,19)20/h2-10H,1H3,(H,21,22,23)/b3-2+. The number of amides is 1. The van der Waals surface area contributed by atoms with Crippen LogP contribution < -0.4 is 10.1 Å². The van der Waals surface area contributed by atoms with Crippen LogP contribution >= 0.6 is 0 Å². The molecule has 1 N–H and O–H groups in total. The average molecular weight is 350 g/mol. The van der Waals surface area contributed by atoms with E-state index in [1.165, 1.54) is 37.4 Å². The maximum absolute atomic E-state index is 12.1. The predicted octanol–water partition coefficient (Wildman–Crippen LogP) is 3.68. The molecule has 0 atom stereocenters. The van der Waals surface area contributed by atoms with Crippen LogP contribution in [-0.2, 0) is 9.59 Å². The number of alkyl halides is 3. The number of anilines is 1. The van der Waals surface area contributed by atoms with Crippen molar-refractivity contribution in [1.82, 2.24) is 4.98 Å². The number of pyridine rings is 1. The van der Waals surface area contributed by atoms with E-state index in [4.69, 9.17) is 0 Å². The van der Waals surface area contributed by atoms with Crippen molar-refractivity contribution in [2.45, 2.75) is 13.1 Å². The van der Waals surface area contributed by atoms with Crippen molar-refractivity contribution in [2.75, 3.05) is 5.32 Å². The van der Waals surface area contributed by atoms with Gasteiger partial charge in [-0.15, -0.1) is 0 Å². The van der Waals surface area contributed by atoms with E-state index in [2.05, 4.69) is 15.0 Å². The van der Waals surface area contributed by atoms with Crippen molar-refractivity contribution in [2.24, 2.45) is 0 Å². The lowest BCUT2D eigenvalue weighted by molar-refractivity contribution is -0.189. The van der Waals surface area contributed by atoms with Gasteiger partial charge < -0.3 is 10.1 Å². The summed E-state index contributed by atoms with van der Waals surface area (Å²) in [5.74, 6) is -2.30. The Morgan fingerprint density at radius 3 is 2.32 bits per heavy atom. The number of ether oxygens (including phenoxy) is 1. The molecular formula is C17H13F3N2O3. The SMILES string of the molecule is CC(=O)Nc1cc(/C=C/c2ccc(OC(=O)C(F)(F)F)cc2)ccn1. The molecule has 130 valence electrons. The fraction of sp³-hybridized carbons (Fsp3) is 0.118. The molecule has 1 amide bonds. The molecule has 25 heavy (non-hydrogen) atoms. The van der Waals surface area contributed by atoms with Gasteiger partial charge in [0.15, 0.2) is 0 Å². The van der Waals surface area contributed by atoms with Crippen LogP contribution in [0.25, 0.3) is 12.2 Å². The summed E-state index contributed by atoms with van der Waals surface area (Å²) < 4.78 is 40.6. The van der Waals surface area contributed by atoms with E-state index in [9.17, 15) is 22.8 Å². The van der Waals surface area contributed by atoms with Crippen LogP contribution in [0, 0.1) is 0 Å². The van der Waals surface area contributed by atoms with Crippen LogP contribution in [-0.4, -0.2) is 23.0 Å². The Hall–Kier alpha value is -3.16. The number of carbonyl (C=O) groups excluding carboxylic acids is 2. The molecule has 0 saturated heterocycles. The van der Waals surface area contributed by atoms with Crippen molar-refractivity contribution < 1.29 is 27.5 Å². The first-order valence-electron chi connectivity index (χ1n) is 7.05. The largest absolute Gasteiger partial charge is 0.491 e. The van der Waals surface area contributed by atoms with Crippen molar-refractivity contribution in [1.29, 1.82) is 0 Å². The van der Waals surface area contributed by atoms with Gasteiger partial charge in [0.2, 0.25) is 5.91 Å². The van der Waals surface area contributed by atoms with Gasteiger partial charge in [-0.1, -0.05) is 24.3 Å². The van der Waals surface area contributed by atoms with Gasteiger partial charge in [0, 0.05) is 13.1 Å². The Morgan fingerprint density at radius 1 is 1.08 bits per heavy atom. The van der Waals surface area contributed by atoms with Crippen molar-refractivity contribution >= 4 is 29.8 Å². The first-order chi connectivity index (χ1) is 11.7. The van der Waals surface area contributed by atoms with Crippen LogP contribution in [0.2, 0.25) is 0 Å². The number of nitrogens with zero attached hydrogens (tertiary/aromatic N) is 1. The minimum absolute atomic E-state index is 0.198. The van der Waals surface area contributed by atoms with Crippen LogP contribution in [0.1, 0.15) is 18.1 Å². The number of aromatic nitrogens is 1. The topological polar surface area (TPSA) is 68.3 Å². The van der Waals surface area contributed by atoms with Crippen LogP contribution in [0.5, 0.6) is 5.75 Å². The zero-order valence-electron chi connectivity index (χ0n) is 13.0. The second-order valence-corrected chi connectivity index (χ2v) is 4.95. The summed E-state index contributed by atoms with van der Waals surface area (Å²) >= 11 is 0. The van der Waals surface area contributed by atoms with Crippen LogP contribution in [0.15, 0.2) is 42.6 Å². The van der Waals surface area contributed by atoms with E-state index in [0.29, 0.717) is 11.4 Å². The third-order valence-corrected chi connectivity index (χ3v) is 2.88. The fourth-order valence-corrected chi connectivity index (χ4v) is 1.80. The average Bonchev–Trinajstić information content (AvgIpc) is 2.53. The lowest BCUT2D eigenvalue weighted by Crippen LogP contribution is -2.27. The molecule has 1 aromatic carbocycles. The summed E-state index contributed by atoms with van der Waals surface area (Å²) in [5, 5.41) is 2.56. The molecule has 0 saturated carbocycles. The number of carbonyl (C=O) groups is 2. The first-order valence-corrected chi connectivity index (χ1v) is 7.05. The molecule has 0 fully saturated rings. The van der Waals surface area contributed by atoms with Gasteiger partial charge >= 0.3 is 12.1 Å². The molecule has 0 unspecified atom stereocenters. The second-order valence-electron chi connectivity index (χ2n) is 4.95. The Balaban J connectivity index is 2.05. The summed E-state index contributed by atoms with van der Waals surface area (Å²) in [4.78, 5) is 25.7. The molecule has 0 radical (unpaired) electrons. The quantitative estimate of drug-likeness (QED) is 0.675. The van der Waals surface area contributed by atoms with Crippen LogP contribution in [0.3, 0.4) is 0 Å². The molecule has 8 heteroatoms. The summed E-state index contributed by atoms with van der Waals surface area (Å²) in [6.45, 7) is 1.37. The van der Waals surface area contributed by atoms with Gasteiger partial charge in [-0.05, 0) is 35.4 Å². The van der Waals surface area contributed by atoms with Crippen molar-refractivity contribution in [3.05, 3.63) is 53.7 Å². The number of esters is 1. The van der Waals surface area contributed by atoms with Gasteiger partial charge in [0.1, 0.15) is 11.6 Å². The third-order valence-electron chi connectivity index (χ3n) is 2.88.